The molecule has 1 heterocycles. The molecular weight excluding hydrogens is 240 g/mol. The van der Waals surface area contributed by atoms with Crippen molar-refractivity contribution in [3.05, 3.63) is 35.5 Å². The van der Waals surface area contributed by atoms with Crippen LogP contribution in [0.25, 0.3) is 10.9 Å². The zero-order valence-electron chi connectivity index (χ0n) is 11.4. The molecule has 1 aromatic heterocycles. The fourth-order valence-corrected chi connectivity index (χ4v) is 2.10. The number of hydrogen-bond donors (Lipinski definition) is 3. The first-order valence-corrected chi connectivity index (χ1v) is 6.57. The van der Waals surface area contributed by atoms with Gasteiger partial charge in [0.05, 0.1) is 6.10 Å². The van der Waals surface area contributed by atoms with Crippen molar-refractivity contribution < 1.29 is 9.90 Å². The molecule has 3 N–H and O–H groups in total. The highest BCUT2D eigenvalue weighted by atomic mass is 16.3. The van der Waals surface area contributed by atoms with Crippen molar-refractivity contribution in [2.24, 2.45) is 0 Å². The molecule has 0 aliphatic rings. The normalized spacial score (nSPS) is 12.6. The highest BCUT2D eigenvalue weighted by Crippen LogP contribution is 2.20. The summed E-state index contributed by atoms with van der Waals surface area (Å²) in [6, 6.07) is 6.26. The van der Waals surface area contributed by atoms with E-state index in [2.05, 4.69) is 35.4 Å². The van der Waals surface area contributed by atoms with Crippen molar-refractivity contribution in [3.8, 4) is 0 Å². The van der Waals surface area contributed by atoms with E-state index in [4.69, 9.17) is 5.11 Å². The molecule has 0 aliphatic heterocycles. The van der Waals surface area contributed by atoms with Crippen LogP contribution in [0.2, 0.25) is 0 Å². The molecule has 19 heavy (non-hydrogen) atoms. The van der Waals surface area contributed by atoms with Crippen LogP contribution in [0.1, 0.15) is 24.5 Å². The topological polar surface area (TPSA) is 65.1 Å². The molecule has 1 amide bonds. The Balaban J connectivity index is 1.98. The maximum atomic E-state index is 11.6. The van der Waals surface area contributed by atoms with Crippen molar-refractivity contribution in [2.45, 2.75) is 32.8 Å². The number of fused-ring (bicyclic) bond motifs is 1. The number of H-pyrrole nitrogens is 1. The van der Waals surface area contributed by atoms with Crippen LogP contribution in [-0.4, -0.2) is 28.6 Å². The third-order valence-corrected chi connectivity index (χ3v) is 3.14. The molecule has 2 rings (SSSR count). The van der Waals surface area contributed by atoms with Gasteiger partial charge in [-0.05, 0) is 38.0 Å². The first-order chi connectivity index (χ1) is 9.06. The fraction of sp³-hybridized carbons (Fsp3) is 0.400. The van der Waals surface area contributed by atoms with Crippen LogP contribution in [0.15, 0.2) is 24.4 Å². The van der Waals surface area contributed by atoms with Gasteiger partial charge < -0.3 is 15.4 Å². The van der Waals surface area contributed by atoms with Crippen molar-refractivity contribution in [1.29, 1.82) is 0 Å². The van der Waals surface area contributed by atoms with Crippen LogP contribution in [0.4, 0.5) is 0 Å². The van der Waals surface area contributed by atoms with Crippen LogP contribution < -0.4 is 5.32 Å². The summed E-state index contributed by atoms with van der Waals surface area (Å²) in [7, 11) is 0. The maximum Gasteiger partial charge on any atom is 0.220 e. The number of hydrogen-bond acceptors (Lipinski definition) is 2. The van der Waals surface area contributed by atoms with E-state index in [0.29, 0.717) is 19.4 Å². The molecule has 0 saturated carbocycles. The van der Waals surface area contributed by atoms with E-state index in [1.165, 1.54) is 10.9 Å². The molecule has 0 fully saturated rings. The number of aromatic nitrogens is 1. The van der Waals surface area contributed by atoms with Crippen LogP contribution in [0.5, 0.6) is 0 Å². The number of rotatable bonds is 5. The van der Waals surface area contributed by atoms with E-state index in [9.17, 15) is 4.79 Å². The Morgan fingerprint density at radius 3 is 3.00 bits per heavy atom. The Labute approximate surface area is 112 Å². The molecule has 1 aromatic carbocycles. The SMILES string of the molecule is Cc1ccc2[nH]cc(CCC(=O)NCC(C)O)c2c1. The van der Waals surface area contributed by atoms with Gasteiger partial charge in [-0.25, -0.2) is 0 Å². The molecule has 0 saturated heterocycles. The van der Waals surface area contributed by atoms with Crippen molar-refractivity contribution >= 4 is 16.8 Å². The minimum Gasteiger partial charge on any atom is -0.392 e. The molecule has 102 valence electrons. The lowest BCUT2D eigenvalue weighted by molar-refractivity contribution is -0.121. The summed E-state index contributed by atoms with van der Waals surface area (Å²) in [4.78, 5) is 14.8. The number of carbonyl (C=O) groups excluding carboxylic acids is 1. The summed E-state index contributed by atoms with van der Waals surface area (Å²) < 4.78 is 0. The zero-order valence-corrected chi connectivity index (χ0v) is 11.4. The monoisotopic (exact) mass is 260 g/mol. The Morgan fingerprint density at radius 1 is 1.47 bits per heavy atom. The number of amides is 1. The number of aryl methyl sites for hydroxylation is 2. The minimum absolute atomic E-state index is 0.0251. The van der Waals surface area contributed by atoms with Crippen molar-refractivity contribution in [2.75, 3.05) is 6.54 Å². The number of aliphatic hydroxyl groups excluding tert-OH is 1. The van der Waals surface area contributed by atoms with Gasteiger partial charge in [0.15, 0.2) is 0 Å². The lowest BCUT2D eigenvalue weighted by Crippen LogP contribution is -2.30. The van der Waals surface area contributed by atoms with Gasteiger partial charge in [-0.15, -0.1) is 0 Å². The van der Waals surface area contributed by atoms with E-state index in [0.717, 1.165) is 11.1 Å². The van der Waals surface area contributed by atoms with E-state index >= 15 is 0 Å². The highest BCUT2D eigenvalue weighted by Gasteiger charge is 2.07. The van der Waals surface area contributed by atoms with Crippen LogP contribution in [-0.2, 0) is 11.2 Å². The van der Waals surface area contributed by atoms with E-state index in [-0.39, 0.29) is 5.91 Å². The van der Waals surface area contributed by atoms with Gasteiger partial charge in [0.2, 0.25) is 5.91 Å². The zero-order chi connectivity index (χ0) is 13.8. The highest BCUT2D eigenvalue weighted by molar-refractivity contribution is 5.84. The minimum atomic E-state index is -0.500. The lowest BCUT2D eigenvalue weighted by Gasteiger charge is -2.06. The lowest BCUT2D eigenvalue weighted by atomic mass is 10.1. The second-order valence-electron chi connectivity index (χ2n) is 5.02. The number of benzene rings is 1. The molecule has 0 spiro atoms. The van der Waals surface area contributed by atoms with Gasteiger partial charge in [0, 0.05) is 30.1 Å². The summed E-state index contributed by atoms with van der Waals surface area (Å²) in [6.07, 6.45) is 2.61. The molecule has 4 nitrogen and oxygen atoms in total. The average molecular weight is 260 g/mol. The first-order valence-electron chi connectivity index (χ1n) is 6.57. The molecular formula is C15H20N2O2. The number of aromatic amines is 1. The largest absolute Gasteiger partial charge is 0.392 e. The molecule has 0 aliphatic carbocycles. The predicted octanol–water partition coefficient (Wildman–Crippen LogP) is 1.91. The standard InChI is InChI=1S/C15H20N2O2/c1-10-3-5-14-13(7-10)12(9-16-14)4-6-15(19)17-8-11(2)18/h3,5,7,9,11,16,18H,4,6,8H2,1-2H3,(H,17,19). The predicted molar refractivity (Wildman–Crippen MR) is 76.0 cm³/mol. The average Bonchev–Trinajstić information content (AvgIpc) is 2.76. The summed E-state index contributed by atoms with van der Waals surface area (Å²) in [5.74, 6) is -0.0251. The van der Waals surface area contributed by atoms with Crippen LogP contribution in [0.3, 0.4) is 0 Å². The molecule has 1 unspecified atom stereocenters. The number of nitrogens with one attached hydrogen (secondary N) is 2. The summed E-state index contributed by atoms with van der Waals surface area (Å²) >= 11 is 0. The molecule has 1 atom stereocenters. The molecule has 2 aromatic rings. The second kappa shape index (κ2) is 5.89. The van der Waals surface area contributed by atoms with Gasteiger partial charge in [-0.2, -0.15) is 0 Å². The number of carbonyl (C=O) groups is 1. The summed E-state index contributed by atoms with van der Waals surface area (Å²) in [5, 5.41) is 13.0. The summed E-state index contributed by atoms with van der Waals surface area (Å²) in [5.41, 5.74) is 3.47. The quantitative estimate of drug-likeness (QED) is 0.769. The first kappa shape index (κ1) is 13.6. The molecule has 0 bridgehead atoms. The van der Waals surface area contributed by atoms with E-state index in [1.807, 2.05) is 6.20 Å². The third-order valence-electron chi connectivity index (χ3n) is 3.14. The van der Waals surface area contributed by atoms with E-state index in [1.54, 1.807) is 6.92 Å². The molecule has 0 radical (unpaired) electrons. The second-order valence-corrected chi connectivity index (χ2v) is 5.02. The van der Waals surface area contributed by atoms with Gasteiger partial charge >= 0.3 is 0 Å². The molecule has 4 heteroatoms. The van der Waals surface area contributed by atoms with Gasteiger partial charge in [0.25, 0.3) is 0 Å². The fourth-order valence-electron chi connectivity index (χ4n) is 2.10. The van der Waals surface area contributed by atoms with Crippen LogP contribution in [0, 0.1) is 6.92 Å². The van der Waals surface area contributed by atoms with E-state index < -0.39 is 6.10 Å². The van der Waals surface area contributed by atoms with Crippen molar-refractivity contribution in [1.82, 2.24) is 10.3 Å². The van der Waals surface area contributed by atoms with Crippen LogP contribution >= 0.6 is 0 Å². The van der Waals surface area contributed by atoms with Gasteiger partial charge in [-0.3, -0.25) is 4.79 Å². The van der Waals surface area contributed by atoms with Gasteiger partial charge in [-0.1, -0.05) is 11.6 Å². The summed E-state index contributed by atoms with van der Waals surface area (Å²) in [6.45, 7) is 4.03. The van der Waals surface area contributed by atoms with Gasteiger partial charge in [0.1, 0.15) is 0 Å². The third kappa shape index (κ3) is 3.58. The Morgan fingerprint density at radius 2 is 2.26 bits per heavy atom. The maximum absolute atomic E-state index is 11.6. The smallest absolute Gasteiger partial charge is 0.220 e. The Kier molecular flexibility index (Phi) is 4.22. The Hall–Kier alpha value is -1.81. The van der Waals surface area contributed by atoms with Crippen molar-refractivity contribution in [3.63, 3.8) is 0 Å². The number of aliphatic hydroxyl groups is 1. The Bertz CT molecular complexity index is 573.